The number of Topliss-reactive ketones (excluding diaryl/α,β-unsaturated/α-hetero) is 2. The van der Waals surface area contributed by atoms with Gasteiger partial charge in [0.2, 0.25) is 5.78 Å². The van der Waals surface area contributed by atoms with Gasteiger partial charge in [-0.05, 0) is 17.7 Å². The average molecular weight is 457 g/mol. The van der Waals surface area contributed by atoms with Gasteiger partial charge in [-0.15, -0.1) is 5.11 Å². The van der Waals surface area contributed by atoms with Crippen molar-refractivity contribution in [2.75, 3.05) is 0 Å². The molecule has 4 aromatic rings. The lowest BCUT2D eigenvalue weighted by Gasteiger charge is -2.13. The number of allylic oxidation sites excluding steroid dienone is 3. The van der Waals surface area contributed by atoms with Crippen LogP contribution in [0.5, 0.6) is 0 Å². The number of rotatable bonds is 6. The molecule has 0 saturated carbocycles. The Morgan fingerprint density at radius 1 is 0.629 bits per heavy atom. The zero-order chi connectivity index (χ0) is 24.2. The van der Waals surface area contributed by atoms with Crippen molar-refractivity contribution in [2.45, 2.75) is 0 Å². The molecule has 168 valence electrons. The number of hydrogen-bond acceptors (Lipinski definition) is 5. The Morgan fingerprint density at radius 3 is 1.74 bits per heavy atom. The number of carbonyl (C=O) groups excluding carboxylic acids is 2. The van der Waals surface area contributed by atoms with Gasteiger partial charge in [0.25, 0.3) is 0 Å². The highest BCUT2D eigenvalue weighted by molar-refractivity contribution is 6.30. The van der Waals surface area contributed by atoms with E-state index < -0.39 is 5.78 Å². The predicted molar refractivity (Wildman–Crippen MR) is 135 cm³/mol. The number of ketones is 2. The highest BCUT2D eigenvalue weighted by Crippen LogP contribution is 2.41. The average Bonchev–Trinajstić information content (AvgIpc) is 3.17. The minimum Gasteiger partial charge on any atom is -0.507 e. The summed E-state index contributed by atoms with van der Waals surface area (Å²) in [5.74, 6) is -0.962. The van der Waals surface area contributed by atoms with Crippen LogP contribution in [0.1, 0.15) is 31.8 Å². The maximum Gasteiger partial charge on any atom is 0.213 e. The Hall–Kier alpha value is -4.90. The third-order valence-corrected chi connectivity index (χ3v) is 5.71. The van der Waals surface area contributed by atoms with Crippen LogP contribution in [0.2, 0.25) is 0 Å². The van der Waals surface area contributed by atoms with E-state index in [-0.39, 0.29) is 28.4 Å². The van der Waals surface area contributed by atoms with E-state index in [9.17, 15) is 14.7 Å². The van der Waals surface area contributed by atoms with Crippen molar-refractivity contribution in [3.63, 3.8) is 0 Å². The summed E-state index contributed by atoms with van der Waals surface area (Å²) >= 11 is 0. The molecule has 1 aliphatic rings. The summed E-state index contributed by atoms with van der Waals surface area (Å²) in [5.41, 5.74) is 2.55. The second-order valence-corrected chi connectivity index (χ2v) is 7.92. The van der Waals surface area contributed by atoms with Gasteiger partial charge in [0.15, 0.2) is 5.78 Å². The number of hydrogen-bond donors (Lipinski definition) is 1. The van der Waals surface area contributed by atoms with Crippen molar-refractivity contribution < 1.29 is 14.7 Å². The lowest BCUT2D eigenvalue weighted by atomic mass is 9.91. The molecule has 1 aliphatic carbocycles. The van der Waals surface area contributed by atoms with Gasteiger partial charge in [-0.1, -0.05) is 103 Å². The van der Waals surface area contributed by atoms with Gasteiger partial charge in [-0.2, -0.15) is 5.11 Å². The van der Waals surface area contributed by atoms with Crippen LogP contribution in [0.25, 0.3) is 11.3 Å². The maximum atomic E-state index is 13.8. The number of aliphatic hydroxyl groups excluding tert-OH is 1. The summed E-state index contributed by atoms with van der Waals surface area (Å²) in [6, 6.07) is 33.6. The minimum absolute atomic E-state index is 0.0312. The van der Waals surface area contributed by atoms with Crippen LogP contribution in [0.4, 0.5) is 5.69 Å². The monoisotopic (exact) mass is 456 g/mol. The fourth-order valence-electron chi connectivity index (χ4n) is 4.04. The summed E-state index contributed by atoms with van der Waals surface area (Å²) in [6.07, 6.45) is 0. The lowest BCUT2D eigenvalue weighted by molar-refractivity contribution is 0.103. The quantitative estimate of drug-likeness (QED) is 0.189. The van der Waals surface area contributed by atoms with Crippen molar-refractivity contribution in [3.05, 3.63) is 149 Å². The van der Waals surface area contributed by atoms with Gasteiger partial charge < -0.3 is 5.11 Å². The molecule has 0 aromatic heterocycles. The molecule has 5 heteroatoms. The highest BCUT2D eigenvalue weighted by atomic mass is 16.3. The second-order valence-electron chi connectivity index (χ2n) is 7.92. The standard InChI is InChI=1S/C30H20N2O3/c33-28(21-14-6-2-7-15-21)27(32-31-22-16-8-3-9-17-22)25(20-12-4-1-5-13-20)26-29(34)23-18-10-11-19-24(23)30(26)35/h1-19,34H/b27-25-,32-31?. The molecule has 5 nitrogen and oxygen atoms in total. The molecular weight excluding hydrogens is 436 g/mol. The van der Waals surface area contributed by atoms with E-state index in [0.717, 1.165) is 0 Å². The van der Waals surface area contributed by atoms with Crippen LogP contribution in [0.3, 0.4) is 0 Å². The largest absolute Gasteiger partial charge is 0.507 e. The molecule has 4 aromatic carbocycles. The minimum atomic E-state index is -0.409. The second kappa shape index (κ2) is 9.53. The van der Waals surface area contributed by atoms with Gasteiger partial charge in [0.05, 0.1) is 11.3 Å². The van der Waals surface area contributed by atoms with Crippen molar-refractivity contribution in [3.8, 4) is 0 Å². The smallest absolute Gasteiger partial charge is 0.213 e. The van der Waals surface area contributed by atoms with Crippen LogP contribution in [0.15, 0.2) is 137 Å². The normalized spacial score (nSPS) is 13.7. The Morgan fingerprint density at radius 2 is 1.14 bits per heavy atom. The highest BCUT2D eigenvalue weighted by Gasteiger charge is 2.35. The van der Waals surface area contributed by atoms with Crippen LogP contribution in [0, 0.1) is 0 Å². The van der Waals surface area contributed by atoms with Crippen LogP contribution >= 0.6 is 0 Å². The number of benzene rings is 4. The molecule has 1 N–H and O–H groups in total. The number of fused-ring (bicyclic) bond motifs is 1. The first-order valence-corrected chi connectivity index (χ1v) is 11.1. The molecule has 0 spiro atoms. The first kappa shape index (κ1) is 21.9. The van der Waals surface area contributed by atoms with E-state index in [4.69, 9.17) is 0 Å². The molecule has 0 radical (unpaired) electrons. The molecule has 0 unspecified atom stereocenters. The van der Waals surface area contributed by atoms with Crippen molar-refractivity contribution >= 4 is 28.6 Å². The summed E-state index contributed by atoms with van der Waals surface area (Å²) in [4.78, 5) is 27.3. The van der Waals surface area contributed by atoms with E-state index in [2.05, 4.69) is 10.2 Å². The number of nitrogens with zero attached hydrogens (tertiary/aromatic N) is 2. The maximum absolute atomic E-state index is 13.8. The van der Waals surface area contributed by atoms with Gasteiger partial charge >= 0.3 is 0 Å². The van der Waals surface area contributed by atoms with Crippen molar-refractivity contribution in [1.82, 2.24) is 0 Å². The SMILES string of the molecule is O=C(/C(N=Nc1ccccc1)=C(/C1=C(O)c2ccccc2C1=O)c1ccccc1)c1ccccc1. The predicted octanol–water partition coefficient (Wildman–Crippen LogP) is 7.23. The third-order valence-electron chi connectivity index (χ3n) is 5.71. The zero-order valence-corrected chi connectivity index (χ0v) is 18.6. The molecule has 0 fully saturated rings. The first-order chi connectivity index (χ1) is 17.1. The Bertz CT molecular complexity index is 1500. The van der Waals surface area contributed by atoms with Crippen LogP contribution in [-0.4, -0.2) is 16.7 Å². The number of aliphatic hydroxyl groups is 1. The van der Waals surface area contributed by atoms with E-state index in [1.807, 2.05) is 30.3 Å². The van der Waals surface area contributed by atoms with Gasteiger partial charge in [-0.3, -0.25) is 9.59 Å². The molecule has 35 heavy (non-hydrogen) atoms. The van der Waals surface area contributed by atoms with Crippen LogP contribution in [-0.2, 0) is 0 Å². The molecule has 0 heterocycles. The molecule has 0 aliphatic heterocycles. The molecule has 0 bridgehead atoms. The molecular formula is C30H20N2O3. The summed E-state index contributed by atoms with van der Waals surface area (Å²) < 4.78 is 0. The van der Waals surface area contributed by atoms with Gasteiger partial charge in [-0.25, -0.2) is 0 Å². The van der Waals surface area contributed by atoms with Gasteiger partial charge in [0, 0.05) is 22.3 Å². The molecule has 0 amide bonds. The zero-order valence-electron chi connectivity index (χ0n) is 18.6. The van der Waals surface area contributed by atoms with Crippen molar-refractivity contribution in [1.29, 1.82) is 0 Å². The van der Waals surface area contributed by atoms with E-state index in [1.54, 1.807) is 84.9 Å². The summed E-state index contributed by atoms with van der Waals surface area (Å²) in [7, 11) is 0. The topological polar surface area (TPSA) is 79.1 Å². The number of carbonyl (C=O) groups is 2. The third kappa shape index (κ3) is 4.23. The Kier molecular flexibility index (Phi) is 5.97. The molecule has 0 saturated heterocycles. The van der Waals surface area contributed by atoms with Gasteiger partial charge in [0.1, 0.15) is 11.5 Å². The summed E-state index contributed by atoms with van der Waals surface area (Å²) in [5, 5.41) is 19.9. The van der Waals surface area contributed by atoms with E-state index in [1.165, 1.54) is 0 Å². The number of azo groups is 1. The van der Waals surface area contributed by atoms with E-state index in [0.29, 0.717) is 27.9 Å². The van der Waals surface area contributed by atoms with Crippen LogP contribution < -0.4 is 0 Å². The Balaban J connectivity index is 1.80. The fourth-order valence-corrected chi connectivity index (χ4v) is 4.04. The van der Waals surface area contributed by atoms with E-state index >= 15 is 0 Å². The van der Waals surface area contributed by atoms with Crippen molar-refractivity contribution in [2.24, 2.45) is 10.2 Å². The Labute approximate surface area is 202 Å². The summed E-state index contributed by atoms with van der Waals surface area (Å²) in [6.45, 7) is 0. The molecule has 0 atom stereocenters. The fraction of sp³-hybridized carbons (Fsp3) is 0. The lowest BCUT2D eigenvalue weighted by Crippen LogP contribution is -2.10. The molecule has 5 rings (SSSR count). The first-order valence-electron chi connectivity index (χ1n) is 11.1.